The van der Waals surface area contributed by atoms with Crippen molar-refractivity contribution in [2.75, 3.05) is 6.54 Å². The number of aryl methyl sites for hydroxylation is 1. The molecule has 1 aromatic rings. The molecule has 3 heteroatoms. The second kappa shape index (κ2) is 3.76. The molecule has 0 amide bonds. The Morgan fingerprint density at radius 3 is 3.00 bits per heavy atom. The number of hydrogen-bond donors (Lipinski definition) is 1. The van der Waals surface area contributed by atoms with Crippen LogP contribution in [0.15, 0.2) is 16.6 Å². The third-order valence-corrected chi connectivity index (χ3v) is 3.30. The average Bonchev–Trinajstić information content (AvgIpc) is 2.62. The number of nitrogens with zero attached hydrogens (tertiary/aromatic N) is 1. The maximum Gasteiger partial charge on any atom is 0.0577 e. The highest BCUT2D eigenvalue weighted by Crippen LogP contribution is 2.23. The molecular weight excluding hydrogens is 228 g/mol. The van der Waals surface area contributed by atoms with Gasteiger partial charge in [-0.3, -0.25) is 4.98 Å². The van der Waals surface area contributed by atoms with Crippen LogP contribution < -0.4 is 5.32 Å². The van der Waals surface area contributed by atoms with Crippen LogP contribution >= 0.6 is 15.9 Å². The van der Waals surface area contributed by atoms with Crippen LogP contribution in [0, 0.1) is 6.92 Å². The smallest absolute Gasteiger partial charge is 0.0577 e. The lowest BCUT2D eigenvalue weighted by atomic mass is 10.1. The summed E-state index contributed by atoms with van der Waals surface area (Å²) >= 11 is 3.46. The van der Waals surface area contributed by atoms with E-state index in [0.29, 0.717) is 6.04 Å². The molecule has 2 nitrogen and oxygen atoms in total. The van der Waals surface area contributed by atoms with E-state index in [2.05, 4.69) is 38.4 Å². The Bertz CT molecular complexity index is 306. The minimum absolute atomic E-state index is 0.479. The molecule has 0 aliphatic carbocycles. The molecule has 0 radical (unpaired) electrons. The zero-order valence-electron chi connectivity index (χ0n) is 7.68. The van der Waals surface area contributed by atoms with Crippen LogP contribution in [0.5, 0.6) is 0 Å². The number of rotatable bonds is 1. The molecule has 1 aliphatic rings. The second-order valence-electron chi connectivity index (χ2n) is 3.45. The van der Waals surface area contributed by atoms with Gasteiger partial charge in [0.2, 0.25) is 0 Å². The molecule has 1 aliphatic heterocycles. The summed E-state index contributed by atoms with van der Waals surface area (Å²) in [5.74, 6) is 0. The number of aromatic nitrogens is 1. The maximum absolute atomic E-state index is 4.55. The quantitative estimate of drug-likeness (QED) is 0.817. The van der Waals surface area contributed by atoms with Gasteiger partial charge >= 0.3 is 0 Å². The van der Waals surface area contributed by atoms with Crippen molar-refractivity contribution in [1.82, 2.24) is 10.3 Å². The fourth-order valence-electron chi connectivity index (χ4n) is 1.69. The van der Waals surface area contributed by atoms with Gasteiger partial charge in [-0.05, 0) is 54.4 Å². The molecular formula is C10H13BrN2. The van der Waals surface area contributed by atoms with Crippen molar-refractivity contribution in [2.24, 2.45) is 0 Å². The number of hydrogen-bond acceptors (Lipinski definition) is 2. The predicted molar refractivity (Wildman–Crippen MR) is 56.7 cm³/mol. The van der Waals surface area contributed by atoms with E-state index in [-0.39, 0.29) is 0 Å². The minimum atomic E-state index is 0.479. The molecule has 0 spiro atoms. The lowest BCUT2D eigenvalue weighted by Crippen LogP contribution is -2.14. The Morgan fingerprint density at radius 1 is 1.54 bits per heavy atom. The molecule has 0 bridgehead atoms. The molecule has 70 valence electrons. The highest BCUT2D eigenvalue weighted by atomic mass is 79.9. The summed E-state index contributed by atoms with van der Waals surface area (Å²) in [5.41, 5.74) is 2.25. The largest absolute Gasteiger partial charge is 0.309 e. The van der Waals surface area contributed by atoms with Gasteiger partial charge in [-0.2, -0.15) is 0 Å². The van der Waals surface area contributed by atoms with Gasteiger partial charge in [-0.15, -0.1) is 0 Å². The number of halogens is 1. The van der Waals surface area contributed by atoms with Crippen molar-refractivity contribution in [3.8, 4) is 0 Å². The molecule has 13 heavy (non-hydrogen) atoms. The molecule has 1 atom stereocenters. The van der Waals surface area contributed by atoms with Crippen molar-refractivity contribution >= 4 is 15.9 Å². The first kappa shape index (κ1) is 9.16. The van der Waals surface area contributed by atoms with Gasteiger partial charge in [0.15, 0.2) is 0 Å². The van der Waals surface area contributed by atoms with Crippen LogP contribution in [-0.4, -0.2) is 11.5 Å². The van der Waals surface area contributed by atoms with Crippen molar-refractivity contribution in [3.63, 3.8) is 0 Å². The first-order chi connectivity index (χ1) is 6.27. The lowest BCUT2D eigenvalue weighted by Gasteiger charge is -2.10. The average molecular weight is 241 g/mol. The summed E-state index contributed by atoms with van der Waals surface area (Å²) in [7, 11) is 0. The SMILES string of the molecule is Cc1nc(C2CCCN2)ccc1Br. The molecule has 1 aromatic heterocycles. The topological polar surface area (TPSA) is 24.9 Å². The molecule has 0 saturated carbocycles. The van der Waals surface area contributed by atoms with Crippen molar-refractivity contribution in [1.29, 1.82) is 0 Å². The standard InChI is InChI=1S/C10H13BrN2/c1-7-8(11)4-5-10(13-7)9-3-2-6-12-9/h4-5,9,12H,2-3,6H2,1H3. The van der Waals surface area contributed by atoms with Crippen LogP contribution in [0.25, 0.3) is 0 Å². The Morgan fingerprint density at radius 2 is 2.38 bits per heavy atom. The van der Waals surface area contributed by atoms with E-state index >= 15 is 0 Å². The fourth-order valence-corrected chi connectivity index (χ4v) is 1.92. The summed E-state index contributed by atoms with van der Waals surface area (Å²) < 4.78 is 1.09. The zero-order chi connectivity index (χ0) is 9.26. The summed E-state index contributed by atoms with van der Waals surface area (Å²) in [6.45, 7) is 3.16. The third kappa shape index (κ3) is 1.92. The Balaban J connectivity index is 2.25. The van der Waals surface area contributed by atoms with E-state index in [1.807, 2.05) is 6.92 Å². The van der Waals surface area contributed by atoms with Gasteiger partial charge in [0.05, 0.1) is 11.4 Å². The van der Waals surface area contributed by atoms with E-state index in [9.17, 15) is 0 Å². The Hall–Kier alpha value is -0.410. The minimum Gasteiger partial charge on any atom is -0.309 e. The Kier molecular flexibility index (Phi) is 2.65. The normalized spacial score (nSPS) is 22.2. The molecule has 1 saturated heterocycles. The summed E-state index contributed by atoms with van der Waals surface area (Å²) in [6, 6.07) is 4.66. The molecule has 1 N–H and O–H groups in total. The van der Waals surface area contributed by atoms with Gasteiger partial charge in [-0.25, -0.2) is 0 Å². The van der Waals surface area contributed by atoms with Gasteiger partial charge in [-0.1, -0.05) is 0 Å². The summed E-state index contributed by atoms with van der Waals surface area (Å²) in [4.78, 5) is 4.55. The fraction of sp³-hybridized carbons (Fsp3) is 0.500. The molecule has 0 aromatic carbocycles. The van der Waals surface area contributed by atoms with Gasteiger partial charge in [0, 0.05) is 10.5 Å². The second-order valence-corrected chi connectivity index (χ2v) is 4.31. The number of nitrogens with one attached hydrogen (secondary N) is 1. The van der Waals surface area contributed by atoms with E-state index < -0.39 is 0 Å². The zero-order valence-corrected chi connectivity index (χ0v) is 9.26. The van der Waals surface area contributed by atoms with Gasteiger partial charge in [0.25, 0.3) is 0 Å². The van der Waals surface area contributed by atoms with Gasteiger partial charge in [0.1, 0.15) is 0 Å². The van der Waals surface area contributed by atoms with E-state index in [1.165, 1.54) is 18.5 Å². The summed E-state index contributed by atoms with van der Waals surface area (Å²) in [5, 5.41) is 3.44. The van der Waals surface area contributed by atoms with Crippen LogP contribution in [0.2, 0.25) is 0 Å². The lowest BCUT2D eigenvalue weighted by molar-refractivity contribution is 0.625. The maximum atomic E-state index is 4.55. The molecule has 2 rings (SSSR count). The van der Waals surface area contributed by atoms with E-state index in [0.717, 1.165) is 16.7 Å². The van der Waals surface area contributed by atoms with Crippen LogP contribution in [-0.2, 0) is 0 Å². The van der Waals surface area contributed by atoms with Crippen LogP contribution in [0.1, 0.15) is 30.3 Å². The highest BCUT2D eigenvalue weighted by molar-refractivity contribution is 9.10. The Labute approximate surface area is 86.9 Å². The van der Waals surface area contributed by atoms with Gasteiger partial charge < -0.3 is 5.32 Å². The monoisotopic (exact) mass is 240 g/mol. The number of pyridine rings is 1. The van der Waals surface area contributed by atoms with E-state index in [4.69, 9.17) is 0 Å². The molecule has 1 unspecified atom stereocenters. The predicted octanol–water partition coefficient (Wildman–Crippen LogP) is 2.58. The van der Waals surface area contributed by atoms with E-state index in [1.54, 1.807) is 0 Å². The first-order valence-electron chi connectivity index (χ1n) is 4.64. The van der Waals surface area contributed by atoms with Crippen LogP contribution in [0.3, 0.4) is 0 Å². The molecule has 1 fully saturated rings. The van der Waals surface area contributed by atoms with Crippen molar-refractivity contribution in [2.45, 2.75) is 25.8 Å². The van der Waals surface area contributed by atoms with Crippen molar-refractivity contribution < 1.29 is 0 Å². The van der Waals surface area contributed by atoms with Crippen molar-refractivity contribution in [3.05, 3.63) is 28.0 Å². The molecule has 2 heterocycles. The third-order valence-electron chi connectivity index (χ3n) is 2.46. The highest BCUT2D eigenvalue weighted by Gasteiger charge is 2.17. The first-order valence-corrected chi connectivity index (χ1v) is 5.43. The summed E-state index contributed by atoms with van der Waals surface area (Å²) in [6.07, 6.45) is 2.48. The van der Waals surface area contributed by atoms with Crippen LogP contribution in [0.4, 0.5) is 0 Å².